The maximum absolute atomic E-state index is 13.6. The van der Waals surface area contributed by atoms with Crippen molar-refractivity contribution in [3.05, 3.63) is 58.3 Å². The molecule has 0 atom stereocenters. The first-order valence-corrected chi connectivity index (χ1v) is 8.79. The van der Waals surface area contributed by atoms with Gasteiger partial charge in [-0.1, -0.05) is 0 Å². The number of halogens is 2. The molecule has 3 aromatic rings. The summed E-state index contributed by atoms with van der Waals surface area (Å²) < 4.78 is 15.5. The van der Waals surface area contributed by atoms with Crippen LogP contribution in [-0.2, 0) is 11.3 Å². The van der Waals surface area contributed by atoms with Crippen molar-refractivity contribution < 1.29 is 9.18 Å². The van der Waals surface area contributed by atoms with Crippen LogP contribution < -0.4 is 16.4 Å². The molecule has 0 unspecified atom stereocenters. The number of hydrogen-bond donors (Lipinski definition) is 3. The van der Waals surface area contributed by atoms with Gasteiger partial charge in [0.15, 0.2) is 5.65 Å². The summed E-state index contributed by atoms with van der Waals surface area (Å²) in [6.07, 6.45) is 1.83. The molecule has 0 saturated carbocycles. The zero-order valence-electron chi connectivity index (χ0n) is 16.4. The summed E-state index contributed by atoms with van der Waals surface area (Å²) in [5, 5.41) is 6.18. The summed E-state index contributed by atoms with van der Waals surface area (Å²) in [7, 11) is 0. The second-order valence-electron chi connectivity index (χ2n) is 6.74. The minimum atomic E-state index is -0.264. The third-order valence-electron chi connectivity index (χ3n) is 4.78. The Labute approximate surface area is 169 Å². The highest BCUT2D eigenvalue weighted by Crippen LogP contribution is 2.26. The van der Waals surface area contributed by atoms with E-state index >= 15 is 0 Å². The monoisotopic (exact) mass is 405 g/mol. The van der Waals surface area contributed by atoms with E-state index in [0.717, 1.165) is 39.4 Å². The standard InChI is InChI=1S/C20H24FN5O.ClH/c1-11-5-15(21)6-12(2)17(11)9-23-18-7-16(25-19(27)8-22)10-26-14(4)13(3)24-20(18)26;/h5-7,10,23H,8-9,22H2,1-4H3,(H,25,27);1H. The molecule has 2 aromatic heterocycles. The van der Waals surface area contributed by atoms with Crippen molar-refractivity contribution in [2.24, 2.45) is 5.73 Å². The summed E-state index contributed by atoms with van der Waals surface area (Å²) in [5.74, 6) is -0.498. The molecular weight excluding hydrogens is 381 g/mol. The van der Waals surface area contributed by atoms with E-state index in [4.69, 9.17) is 5.73 Å². The highest BCUT2D eigenvalue weighted by Gasteiger charge is 2.13. The van der Waals surface area contributed by atoms with Gasteiger partial charge in [-0.2, -0.15) is 0 Å². The normalized spacial score (nSPS) is 10.6. The van der Waals surface area contributed by atoms with Crippen LogP contribution in [-0.4, -0.2) is 21.8 Å². The summed E-state index contributed by atoms with van der Waals surface area (Å²) in [6.45, 7) is 8.14. The van der Waals surface area contributed by atoms with Gasteiger partial charge in [0.05, 0.1) is 23.6 Å². The van der Waals surface area contributed by atoms with Gasteiger partial charge in [0.1, 0.15) is 5.82 Å². The first kappa shape index (κ1) is 21.7. The molecule has 6 nitrogen and oxygen atoms in total. The molecule has 1 aromatic carbocycles. The summed E-state index contributed by atoms with van der Waals surface area (Å²) in [6, 6.07) is 4.89. The predicted octanol–water partition coefficient (Wildman–Crippen LogP) is 3.64. The maximum atomic E-state index is 13.6. The van der Waals surface area contributed by atoms with Gasteiger partial charge in [-0.3, -0.25) is 4.79 Å². The van der Waals surface area contributed by atoms with Crippen LogP contribution in [0.25, 0.3) is 5.65 Å². The number of benzene rings is 1. The van der Waals surface area contributed by atoms with Gasteiger partial charge in [-0.15, -0.1) is 12.4 Å². The largest absolute Gasteiger partial charge is 0.378 e. The van der Waals surface area contributed by atoms with Crippen molar-refractivity contribution in [2.45, 2.75) is 34.2 Å². The van der Waals surface area contributed by atoms with Crippen LogP contribution in [0.4, 0.5) is 15.8 Å². The number of aryl methyl sites for hydroxylation is 4. The molecule has 0 aliphatic heterocycles. The van der Waals surface area contributed by atoms with Gasteiger partial charge < -0.3 is 20.8 Å². The van der Waals surface area contributed by atoms with Crippen molar-refractivity contribution in [2.75, 3.05) is 17.2 Å². The number of nitrogens with zero attached hydrogens (tertiary/aromatic N) is 2. The molecule has 0 radical (unpaired) electrons. The summed E-state index contributed by atoms with van der Waals surface area (Å²) in [4.78, 5) is 16.3. The van der Waals surface area contributed by atoms with E-state index in [1.165, 1.54) is 12.1 Å². The van der Waals surface area contributed by atoms with E-state index in [9.17, 15) is 9.18 Å². The average Bonchev–Trinajstić information content (AvgIpc) is 2.89. The number of carbonyl (C=O) groups excluding carboxylic acids is 1. The van der Waals surface area contributed by atoms with Crippen molar-refractivity contribution in [3.8, 4) is 0 Å². The minimum absolute atomic E-state index is 0. The number of nitrogens with one attached hydrogen (secondary N) is 2. The third-order valence-corrected chi connectivity index (χ3v) is 4.78. The van der Waals surface area contributed by atoms with Crippen LogP contribution in [0.1, 0.15) is 28.1 Å². The predicted molar refractivity (Wildman–Crippen MR) is 113 cm³/mol. The molecule has 0 aliphatic carbocycles. The molecule has 0 bridgehead atoms. The molecule has 150 valence electrons. The topological polar surface area (TPSA) is 84.4 Å². The van der Waals surface area contributed by atoms with Gasteiger partial charge in [0, 0.05) is 18.4 Å². The molecule has 1 amide bonds. The Morgan fingerprint density at radius 2 is 1.82 bits per heavy atom. The smallest absolute Gasteiger partial charge is 0.238 e. The van der Waals surface area contributed by atoms with E-state index in [1.54, 1.807) is 0 Å². The fourth-order valence-electron chi connectivity index (χ4n) is 3.18. The number of imidazole rings is 1. The first-order valence-electron chi connectivity index (χ1n) is 8.79. The average molecular weight is 406 g/mol. The van der Waals surface area contributed by atoms with Crippen LogP contribution in [0.3, 0.4) is 0 Å². The maximum Gasteiger partial charge on any atom is 0.238 e. The zero-order valence-corrected chi connectivity index (χ0v) is 17.2. The van der Waals surface area contributed by atoms with E-state index in [1.807, 2.05) is 44.4 Å². The lowest BCUT2D eigenvalue weighted by Gasteiger charge is -2.15. The van der Waals surface area contributed by atoms with E-state index in [2.05, 4.69) is 15.6 Å². The van der Waals surface area contributed by atoms with Gasteiger partial charge in [-0.05, 0) is 62.6 Å². The lowest BCUT2D eigenvalue weighted by atomic mass is 10.0. The Morgan fingerprint density at radius 3 is 2.43 bits per heavy atom. The van der Waals surface area contributed by atoms with Crippen molar-refractivity contribution >= 4 is 35.3 Å². The molecule has 3 rings (SSSR count). The van der Waals surface area contributed by atoms with Crippen molar-refractivity contribution in [1.82, 2.24) is 9.38 Å². The molecule has 0 spiro atoms. The van der Waals surface area contributed by atoms with Crippen molar-refractivity contribution in [3.63, 3.8) is 0 Å². The molecule has 4 N–H and O–H groups in total. The number of fused-ring (bicyclic) bond motifs is 1. The number of nitrogens with two attached hydrogens (primary N) is 1. The number of carbonyl (C=O) groups is 1. The molecule has 28 heavy (non-hydrogen) atoms. The molecular formula is C20H25ClFN5O. The lowest BCUT2D eigenvalue weighted by Crippen LogP contribution is -2.22. The number of aromatic nitrogens is 2. The Kier molecular flexibility index (Phi) is 6.64. The van der Waals surface area contributed by atoms with Crippen LogP contribution in [0.2, 0.25) is 0 Å². The SMILES string of the molecule is Cc1cc(F)cc(C)c1CNc1cc(NC(=O)CN)cn2c(C)c(C)nc12.Cl. The Morgan fingerprint density at radius 1 is 1.18 bits per heavy atom. The number of amides is 1. The van der Waals surface area contributed by atoms with Crippen molar-refractivity contribution in [1.29, 1.82) is 0 Å². The number of pyridine rings is 1. The summed E-state index contributed by atoms with van der Waals surface area (Å²) in [5.41, 5.74) is 12.3. The number of hydrogen-bond acceptors (Lipinski definition) is 4. The lowest BCUT2D eigenvalue weighted by molar-refractivity contribution is -0.114. The molecule has 0 aliphatic rings. The quantitative estimate of drug-likeness (QED) is 0.605. The highest BCUT2D eigenvalue weighted by molar-refractivity contribution is 5.93. The second kappa shape index (κ2) is 8.58. The number of rotatable bonds is 5. The van der Waals surface area contributed by atoms with Crippen LogP contribution in [0.15, 0.2) is 24.4 Å². The zero-order chi connectivity index (χ0) is 19.7. The first-order chi connectivity index (χ1) is 12.8. The van der Waals surface area contributed by atoms with Gasteiger partial charge in [0.25, 0.3) is 0 Å². The van der Waals surface area contributed by atoms with Gasteiger partial charge >= 0.3 is 0 Å². The van der Waals surface area contributed by atoms with Crippen LogP contribution >= 0.6 is 12.4 Å². The Hall–Kier alpha value is -2.64. The van der Waals surface area contributed by atoms with Crippen LogP contribution in [0, 0.1) is 33.5 Å². The minimum Gasteiger partial charge on any atom is -0.378 e. The third kappa shape index (κ3) is 4.26. The summed E-state index contributed by atoms with van der Waals surface area (Å²) >= 11 is 0. The van der Waals surface area contributed by atoms with E-state index in [0.29, 0.717) is 12.2 Å². The fourth-order valence-corrected chi connectivity index (χ4v) is 3.18. The van der Waals surface area contributed by atoms with Crippen LogP contribution in [0.5, 0.6) is 0 Å². The fraction of sp³-hybridized carbons (Fsp3) is 0.300. The van der Waals surface area contributed by atoms with Gasteiger partial charge in [-0.25, -0.2) is 9.37 Å². The van der Waals surface area contributed by atoms with E-state index in [-0.39, 0.29) is 30.7 Å². The van der Waals surface area contributed by atoms with E-state index < -0.39 is 0 Å². The van der Waals surface area contributed by atoms with Gasteiger partial charge in [0.2, 0.25) is 5.91 Å². The highest BCUT2D eigenvalue weighted by atomic mass is 35.5. The second-order valence-corrected chi connectivity index (χ2v) is 6.74. The molecule has 0 saturated heterocycles. The molecule has 8 heteroatoms. The molecule has 0 fully saturated rings. The Balaban J connectivity index is 0.00000280. The Bertz CT molecular complexity index is 1010. The number of anilines is 2. The molecule has 2 heterocycles.